The van der Waals surface area contributed by atoms with Gasteiger partial charge in [0, 0.05) is 30.8 Å². The van der Waals surface area contributed by atoms with Gasteiger partial charge in [-0.15, -0.1) is 0 Å². The molecular weight excluding hydrogens is 296 g/mol. The van der Waals surface area contributed by atoms with Crippen LogP contribution >= 0.6 is 0 Å². The van der Waals surface area contributed by atoms with Crippen molar-refractivity contribution in [2.45, 2.75) is 44.1 Å². The largest absolute Gasteiger partial charge is 0.465 e. The van der Waals surface area contributed by atoms with Crippen molar-refractivity contribution in [3.8, 4) is 0 Å². The smallest absolute Gasteiger partial charge is 0.404 e. The summed E-state index contributed by atoms with van der Waals surface area (Å²) in [5.74, 6) is -0.112. The zero-order valence-electron chi connectivity index (χ0n) is 13.2. The lowest BCUT2D eigenvalue weighted by atomic mass is 9.85. The van der Waals surface area contributed by atoms with E-state index in [1.54, 1.807) is 18.2 Å². The molecule has 1 aromatic rings. The van der Waals surface area contributed by atoms with Crippen molar-refractivity contribution in [3.63, 3.8) is 0 Å². The van der Waals surface area contributed by atoms with Crippen LogP contribution < -0.4 is 10.6 Å². The van der Waals surface area contributed by atoms with Crippen LogP contribution in [0.3, 0.4) is 0 Å². The number of carbonyl (C=O) groups is 2. The number of nitrogens with one attached hydrogen (secondary N) is 2. The Morgan fingerprint density at radius 2 is 1.91 bits per heavy atom. The van der Waals surface area contributed by atoms with E-state index in [0.29, 0.717) is 12.1 Å². The number of carboxylic acid groups (broad SMARTS) is 1. The molecule has 0 radical (unpaired) electrons. The maximum absolute atomic E-state index is 12.0. The SMILES string of the molecule is O=C(O)NCCC(=O)c1cccc(NCC2(O)CCCCC2)c1. The van der Waals surface area contributed by atoms with E-state index in [1.807, 2.05) is 6.07 Å². The van der Waals surface area contributed by atoms with Gasteiger partial charge in [-0.05, 0) is 25.0 Å². The Balaban J connectivity index is 1.88. The highest BCUT2D eigenvalue weighted by Crippen LogP contribution is 2.28. The van der Waals surface area contributed by atoms with Gasteiger partial charge < -0.3 is 20.8 Å². The maximum Gasteiger partial charge on any atom is 0.404 e. The minimum absolute atomic E-state index is 0.103. The van der Waals surface area contributed by atoms with Crippen LogP contribution in [0.15, 0.2) is 24.3 Å². The van der Waals surface area contributed by atoms with Crippen molar-refractivity contribution in [2.24, 2.45) is 0 Å². The average molecular weight is 320 g/mol. The van der Waals surface area contributed by atoms with Crippen LogP contribution in [-0.2, 0) is 0 Å². The van der Waals surface area contributed by atoms with Crippen LogP contribution in [0.1, 0.15) is 48.9 Å². The van der Waals surface area contributed by atoms with E-state index in [0.717, 1.165) is 31.4 Å². The molecule has 4 N–H and O–H groups in total. The van der Waals surface area contributed by atoms with Crippen LogP contribution in [0.25, 0.3) is 0 Å². The zero-order valence-corrected chi connectivity index (χ0v) is 13.2. The first-order valence-electron chi connectivity index (χ1n) is 8.05. The Bertz CT molecular complexity index is 553. The molecule has 0 aromatic heterocycles. The number of benzene rings is 1. The van der Waals surface area contributed by atoms with Gasteiger partial charge >= 0.3 is 6.09 Å². The van der Waals surface area contributed by atoms with Crippen molar-refractivity contribution in [1.29, 1.82) is 0 Å². The van der Waals surface area contributed by atoms with Gasteiger partial charge in [0.15, 0.2) is 5.78 Å². The molecule has 1 amide bonds. The fourth-order valence-electron chi connectivity index (χ4n) is 2.88. The van der Waals surface area contributed by atoms with Crippen molar-refractivity contribution >= 4 is 17.6 Å². The van der Waals surface area contributed by atoms with Gasteiger partial charge in [0.25, 0.3) is 0 Å². The second-order valence-corrected chi connectivity index (χ2v) is 6.12. The third-order valence-electron chi connectivity index (χ3n) is 4.22. The molecule has 2 rings (SSSR count). The Morgan fingerprint density at radius 1 is 1.17 bits per heavy atom. The predicted molar refractivity (Wildman–Crippen MR) is 87.9 cm³/mol. The van der Waals surface area contributed by atoms with E-state index in [2.05, 4.69) is 10.6 Å². The third-order valence-corrected chi connectivity index (χ3v) is 4.22. The van der Waals surface area contributed by atoms with Gasteiger partial charge in [-0.2, -0.15) is 0 Å². The van der Waals surface area contributed by atoms with Crippen LogP contribution in [0.5, 0.6) is 0 Å². The number of ketones is 1. The topological polar surface area (TPSA) is 98.7 Å². The highest BCUT2D eigenvalue weighted by Gasteiger charge is 2.28. The van der Waals surface area contributed by atoms with Gasteiger partial charge in [0.05, 0.1) is 5.60 Å². The van der Waals surface area contributed by atoms with Crippen molar-refractivity contribution in [1.82, 2.24) is 5.32 Å². The van der Waals surface area contributed by atoms with Gasteiger partial charge in [0.1, 0.15) is 0 Å². The Morgan fingerprint density at radius 3 is 2.61 bits per heavy atom. The second kappa shape index (κ2) is 7.97. The van der Waals surface area contributed by atoms with Gasteiger partial charge in [0.2, 0.25) is 0 Å². The molecule has 0 unspecified atom stereocenters. The molecule has 0 heterocycles. The van der Waals surface area contributed by atoms with Crippen molar-refractivity contribution in [2.75, 3.05) is 18.4 Å². The molecule has 0 saturated heterocycles. The fraction of sp³-hybridized carbons (Fsp3) is 0.529. The number of anilines is 1. The standard InChI is InChI=1S/C17H24N2O4/c20-15(7-10-18-16(21)22)13-5-4-6-14(11-13)19-12-17(23)8-2-1-3-9-17/h4-6,11,18-19,23H,1-3,7-10,12H2,(H,21,22). The lowest BCUT2D eigenvalue weighted by Gasteiger charge is -2.32. The number of amides is 1. The number of carbonyl (C=O) groups excluding carboxylic acids is 1. The van der Waals surface area contributed by atoms with Crippen molar-refractivity contribution < 1.29 is 19.8 Å². The Hall–Kier alpha value is -2.08. The third kappa shape index (κ3) is 5.56. The first-order valence-corrected chi connectivity index (χ1v) is 8.05. The molecule has 0 spiro atoms. The number of Topliss-reactive ketones (excluding diaryl/α,β-unsaturated/α-hetero) is 1. The fourth-order valence-corrected chi connectivity index (χ4v) is 2.88. The zero-order chi connectivity index (χ0) is 16.7. The summed E-state index contributed by atoms with van der Waals surface area (Å²) in [6.45, 7) is 0.580. The molecule has 1 aliphatic carbocycles. The Labute approximate surface area is 135 Å². The highest BCUT2D eigenvalue weighted by atomic mass is 16.4. The summed E-state index contributed by atoms with van der Waals surface area (Å²) in [6.07, 6.45) is 3.88. The van der Waals surface area contributed by atoms with E-state index >= 15 is 0 Å². The minimum atomic E-state index is -1.13. The molecule has 6 heteroatoms. The van der Waals surface area contributed by atoms with E-state index in [4.69, 9.17) is 5.11 Å². The summed E-state index contributed by atoms with van der Waals surface area (Å²) in [6, 6.07) is 7.10. The summed E-state index contributed by atoms with van der Waals surface area (Å²) in [7, 11) is 0. The van der Waals surface area contributed by atoms with Gasteiger partial charge in [-0.3, -0.25) is 4.79 Å². The average Bonchev–Trinajstić information content (AvgIpc) is 2.54. The van der Waals surface area contributed by atoms with E-state index < -0.39 is 11.7 Å². The molecular formula is C17H24N2O4. The number of hydrogen-bond donors (Lipinski definition) is 4. The lowest BCUT2D eigenvalue weighted by molar-refractivity contribution is 0.0167. The highest BCUT2D eigenvalue weighted by molar-refractivity contribution is 5.97. The first kappa shape index (κ1) is 17.3. The first-order chi connectivity index (χ1) is 11.0. The van der Waals surface area contributed by atoms with Crippen LogP contribution in [0.2, 0.25) is 0 Å². The molecule has 126 valence electrons. The normalized spacial score (nSPS) is 16.6. The van der Waals surface area contributed by atoms with Crippen LogP contribution in [0, 0.1) is 0 Å². The van der Waals surface area contributed by atoms with Gasteiger partial charge in [-0.25, -0.2) is 4.79 Å². The van der Waals surface area contributed by atoms with Crippen molar-refractivity contribution in [3.05, 3.63) is 29.8 Å². The molecule has 1 saturated carbocycles. The van der Waals surface area contributed by atoms with Crippen LogP contribution in [0.4, 0.5) is 10.5 Å². The molecule has 6 nitrogen and oxygen atoms in total. The van der Waals surface area contributed by atoms with E-state index in [9.17, 15) is 14.7 Å². The second-order valence-electron chi connectivity index (χ2n) is 6.12. The predicted octanol–water partition coefficient (Wildman–Crippen LogP) is 2.63. The maximum atomic E-state index is 12.0. The number of aliphatic hydroxyl groups is 1. The molecule has 0 bridgehead atoms. The molecule has 1 aromatic carbocycles. The quantitative estimate of drug-likeness (QED) is 0.579. The van der Waals surface area contributed by atoms with E-state index in [1.165, 1.54) is 6.42 Å². The summed E-state index contributed by atoms with van der Waals surface area (Å²) in [5.41, 5.74) is 0.669. The van der Waals surface area contributed by atoms with E-state index in [-0.39, 0.29) is 18.7 Å². The monoisotopic (exact) mass is 320 g/mol. The van der Waals surface area contributed by atoms with Crippen LogP contribution in [-0.4, -0.2) is 40.8 Å². The molecule has 0 atom stereocenters. The number of hydrogen-bond acceptors (Lipinski definition) is 4. The molecule has 23 heavy (non-hydrogen) atoms. The molecule has 1 aliphatic rings. The number of rotatable bonds is 7. The molecule has 0 aliphatic heterocycles. The summed E-state index contributed by atoms with van der Waals surface area (Å²) in [5, 5.41) is 24.4. The summed E-state index contributed by atoms with van der Waals surface area (Å²) in [4.78, 5) is 22.4. The lowest BCUT2D eigenvalue weighted by Crippen LogP contribution is -2.38. The Kier molecular flexibility index (Phi) is 5.98. The van der Waals surface area contributed by atoms with Gasteiger partial charge in [-0.1, -0.05) is 31.4 Å². The summed E-state index contributed by atoms with van der Waals surface area (Å²) >= 11 is 0. The molecule has 1 fully saturated rings. The minimum Gasteiger partial charge on any atom is -0.465 e. The summed E-state index contributed by atoms with van der Waals surface area (Å²) < 4.78 is 0.